The minimum Gasteiger partial charge on any atom is -0.391 e. The number of benzene rings is 1. The van der Waals surface area contributed by atoms with Crippen LogP contribution in [0.1, 0.15) is 30.5 Å². The highest BCUT2D eigenvalue weighted by Gasteiger charge is 2.43. The van der Waals surface area contributed by atoms with Crippen LogP contribution in [0.4, 0.5) is 0 Å². The molecule has 0 spiro atoms. The number of nitrogens with one attached hydrogen (secondary N) is 1. The third kappa shape index (κ3) is 4.34. The van der Waals surface area contributed by atoms with Gasteiger partial charge in [0.25, 0.3) is 0 Å². The molecule has 0 bridgehead atoms. The van der Waals surface area contributed by atoms with Gasteiger partial charge in [-0.05, 0) is 36.8 Å². The third-order valence-electron chi connectivity index (χ3n) is 5.71. The number of carbonyl (C=O) groups excluding carboxylic acids is 2. The molecule has 0 unspecified atom stereocenters. The molecule has 2 heterocycles. The van der Waals surface area contributed by atoms with Gasteiger partial charge >= 0.3 is 0 Å². The van der Waals surface area contributed by atoms with Crippen LogP contribution < -0.4 is 11.1 Å². The van der Waals surface area contributed by atoms with Crippen LogP contribution in [0.5, 0.6) is 0 Å². The van der Waals surface area contributed by atoms with Gasteiger partial charge in [0.1, 0.15) is 6.04 Å². The lowest BCUT2D eigenvalue weighted by Crippen LogP contribution is -2.51. The minimum atomic E-state index is -0.692. The van der Waals surface area contributed by atoms with E-state index in [1.54, 1.807) is 11.3 Å². The molecular weight excluding hydrogens is 388 g/mol. The fraction of sp³-hybridized carbons (Fsp3) is 0.476. The second kappa shape index (κ2) is 8.22. The first-order valence-electron chi connectivity index (χ1n) is 9.95. The maximum Gasteiger partial charge on any atom is 0.243 e. The topological polar surface area (TPSA) is 109 Å². The molecule has 1 aromatic heterocycles. The van der Waals surface area contributed by atoms with Crippen LogP contribution >= 0.6 is 11.3 Å². The van der Waals surface area contributed by atoms with Crippen molar-refractivity contribution in [2.24, 2.45) is 11.7 Å². The Bertz CT molecular complexity index is 894. The number of thiazole rings is 1. The molecule has 2 amide bonds. The first-order valence-corrected chi connectivity index (χ1v) is 10.8. The van der Waals surface area contributed by atoms with Crippen molar-refractivity contribution in [3.63, 3.8) is 0 Å². The quantitative estimate of drug-likeness (QED) is 0.663. The number of aliphatic hydroxyl groups excluding tert-OH is 1. The number of nitrogens with two attached hydrogens (primary N) is 1. The number of hydrogen-bond donors (Lipinski definition) is 3. The van der Waals surface area contributed by atoms with Crippen LogP contribution in [-0.4, -0.2) is 51.5 Å². The molecule has 1 aliphatic heterocycles. The lowest BCUT2D eigenvalue weighted by atomic mass is 10.1. The molecule has 154 valence electrons. The Morgan fingerprint density at radius 1 is 1.34 bits per heavy atom. The van der Waals surface area contributed by atoms with Crippen molar-refractivity contribution in [2.45, 2.75) is 50.9 Å². The highest BCUT2D eigenvalue weighted by atomic mass is 32.1. The van der Waals surface area contributed by atoms with Crippen molar-refractivity contribution in [2.75, 3.05) is 6.54 Å². The van der Waals surface area contributed by atoms with E-state index in [0.29, 0.717) is 6.54 Å². The van der Waals surface area contributed by atoms with Gasteiger partial charge < -0.3 is 21.1 Å². The number of aromatic nitrogens is 1. The summed E-state index contributed by atoms with van der Waals surface area (Å²) in [6.07, 6.45) is 1.47. The predicted octanol–water partition coefficient (Wildman–Crippen LogP) is 1.43. The molecule has 4 N–H and O–H groups in total. The SMILES string of the molecule is Cc1ncsc1-c1ccc(CNC(=O)[C@H]2C[C@@H](O)CN2C(=O)[C@@H](N)C2CC2)cc1. The molecule has 2 aromatic rings. The number of likely N-dealkylation sites (tertiary alicyclic amines) is 1. The Labute approximate surface area is 173 Å². The summed E-state index contributed by atoms with van der Waals surface area (Å²) in [5.74, 6) is -0.265. The van der Waals surface area contributed by atoms with Crippen molar-refractivity contribution < 1.29 is 14.7 Å². The van der Waals surface area contributed by atoms with E-state index < -0.39 is 18.2 Å². The average molecular weight is 415 g/mol. The highest BCUT2D eigenvalue weighted by Crippen LogP contribution is 2.33. The number of aryl methyl sites for hydroxylation is 1. The van der Waals surface area contributed by atoms with E-state index in [9.17, 15) is 14.7 Å². The predicted molar refractivity (Wildman–Crippen MR) is 111 cm³/mol. The Morgan fingerprint density at radius 3 is 2.69 bits per heavy atom. The minimum absolute atomic E-state index is 0.167. The summed E-state index contributed by atoms with van der Waals surface area (Å²) >= 11 is 1.60. The first kappa shape index (κ1) is 20.0. The molecule has 29 heavy (non-hydrogen) atoms. The van der Waals surface area contributed by atoms with Crippen LogP contribution in [0.2, 0.25) is 0 Å². The van der Waals surface area contributed by atoms with Gasteiger partial charge in [0.2, 0.25) is 11.8 Å². The van der Waals surface area contributed by atoms with E-state index in [2.05, 4.69) is 10.3 Å². The molecule has 1 saturated heterocycles. The van der Waals surface area contributed by atoms with Crippen molar-refractivity contribution in [1.82, 2.24) is 15.2 Å². The molecule has 7 nitrogen and oxygen atoms in total. The van der Waals surface area contributed by atoms with E-state index in [1.165, 1.54) is 4.90 Å². The smallest absolute Gasteiger partial charge is 0.243 e. The summed E-state index contributed by atoms with van der Waals surface area (Å²) in [7, 11) is 0. The summed E-state index contributed by atoms with van der Waals surface area (Å²) in [6, 6.07) is 6.76. The molecule has 1 aliphatic carbocycles. The molecule has 8 heteroatoms. The van der Waals surface area contributed by atoms with E-state index >= 15 is 0 Å². The van der Waals surface area contributed by atoms with Crippen molar-refractivity contribution in [1.29, 1.82) is 0 Å². The number of rotatable bonds is 6. The van der Waals surface area contributed by atoms with E-state index in [-0.39, 0.29) is 30.7 Å². The number of carbonyl (C=O) groups is 2. The summed E-state index contributed by atoms with van der Waals surface area (Å²) in [4.78, 5) is 32.2. The fourth-order valence-electron chi connectivity index (χ4n) is 3.81. The van der Waals surface area contributed by atoms with Crippen molar-refractivity contribution >= 4 is 23.2 Å². The van der Waals surface area contributed by atoms with Gasteiger partial charge in [-0.15, -0.1) is 11.3 Å². The molecule has 3 atom stereocenters. The molecule has 2 aliphatic rings. The van der Waals surface area contributed by atoms with Crippen molar-refractivity contribution in [3.8, 4) is 10.4 Å². The molecular formula is C21H26N4O3S. The van der Waals surface area contributed by atoms with Gasteiger partial charge in [-0.2, -0.15) is 0 Å². The first-order chi connectivity index (χ1) is 13.9. The van der Waals surface area contributed by atoms with Crippen LogP contribution in [-0.2, 0) is 16.1 Å². The number of β-amino-alcohol motifs (C(OH)–C–C–N with tert-alkyl or cyclic N) is 1. The number of hydrogen-bond acceptors (Lipinski definition) is 6. The maximum atomic E-state index is 12.7. The molecule has 1 aromatic carbocycles. The second-order valence-electron chi connectivity index (χ2n) is 7.94. The summed E-state index contributed by atoms with van der Waals surface area (Å²) in [6.45, 7) is 2.52. The standard InChI is InChI=1S/C21H26N4O3S/c1-12-19(29-11-24-12)15-4-2-13(3-5-15)9-23-20(27)17-8-16(26)10-25(17)21(28)18(22)14-6-7-14/h2-5,11,14,16-18,26H,6-10,22H2,1H3,(H,23,27)/t16-,17-,18+/m1/s1. The highest BCUT2D eigenvalue weighted by molar-refractivity contribution is 7.13. The summed E-state index contributed by atoms with van der Waals surface area (Å²) in [5, 5.41) is 12.9. The molecule has 4 rings (SSSR count). The molecule has 2 fully saturated rings. The lowest BCUT2D eigenvalue weighted by Gasteiger charge is -2.26. The van der Waals surface area contributed by atoms with E-state index in [4.69, 9.17) is 5.73 Å². The summed E-state index contributed by atoms with van der Waals surface area (Å²) < 4.78 is 0. The summed E-state index contributed by atoms with van der Waals surface area (Å²) in [5.41, 5.74) is 10.9. The lowest BCUT2D eigenvalue weighted by molar-refractivity contribution is -0.139. The van der Waals surface area contributed by atoms with Gasteiger partial charge in [-0.25, -0.2) is 4.98 Å². The Kier molecular flexibility index (Phi) is 5.67. The maximum absolute atomic E-state index is 12.7. The number of nitrogens with zero attached hydrogens (tertiary/aromatic N) is 2. The average Bonchev–Trinajstić information content (AvgIpc) is 3.37. The zero-order valence-corrected chi connectivity index (χ0v) is 17.2. The van der Waals surface area contributed by atoms with Crippen molar-refractivity contribution in [3.05, 3.63) is 41.0 Å². The monoisotopic (exact) mass is 414 g/mol. The van der Waals surface area contributed by atoms with Gasteiger partial charge in [-0.1, -0.05) is 24.3 Å². The Hall–Kier alpha value is -2.29. The number of aliphatic hydroxyl groups is 1. The molecule has 1 saturated carbocycles. The van der Waals surface area contributed by atoms with E-state index in [1.807, 2.05) is 36.7 Å². The van der Waals surface area contributed by atoms with Crippen LogP contribution in [0.15, 0.2) is 29.8 Å². The Balaban J connectivity index is 1.37. The third-order valence-corrected chi connectivity index (χ3v) is 6.69. The van der Waals surface area contributed by atoms with Crippen LogP contribution in [0, 0.1) is 12.8 Å². The fourth-order valence-corrected chi connectivity index (χ4v) is 4.63. The van der Waals surface area contributed by atoms with Gasteiger partial charge in [-0.3, -0.25) is 9.59 Å². The number of amides is 2. The van der Waals surface area contributed by atoms with Gasteiger partial charge in [0, 0.05) is 19.5 Å². The van der Waals surface area contributed by atoms with Gasteiger partial charge in [0.15, 0.2) is 0 Å². The van der Waals surface area contributed by atoms with Crippen LogP contribution in [0.25, 0.3) is 10.4 Å². The second-order valence-corrected chi connectivity index (χ2v) is 8.80. The normalized spacial score (nSPS) is 22.5. The zero-order valence-electron chi connectivity index (χ0n) is 16.4. The molecule has 0 radical (unpaired) electrons. The van der Waals surface area contributed by atoms with Crippen LogP contribution in [0.3, 0.4) is 0 Å². The zero-order chi connectivity index (χ0) is 20.5. The van der Waals surface area contributed by atoms with E-state index in [0.717, 1.165) is 34.5 Å². The largest absolute Gasteiger partial charge is 0.391 e. The Morgan fingerprint density at radius 2 is 2.07 bits per heavy atom. The van der Waals surface area contributed by atoms with Gasteiger partial charge in [0.05, 0.1) is 28.2 Å².